The van der Waals surface area contributed by atoms with E-state index < -0.39 is 0 Å². The molecule has 4 rings (SSSR count). The molecule has 6 heteroatoms. The van der Waals surface area contributed by atoms with E-state index in [-0.39, 0.29) is 10.6 Å². The number of nitrogens with zero attached hydrogens (tertiary/aromatic N) is 2. The van der Waals surface area contributed by atoms with Gasteiger partial charge in [-0.3, -0.25) is 10.1 Å². The first-order valence-electron chi connectivity index (χ1n) is 6.67. The summed E-state index contributed by atoms with van der Waals surface area (Å²) in [7, 11) is 1.65. The number of thiazole rings is 1. The Morgan fingerprint density at radius 3 is 2.68 bits per heavy atom. The van der Waals surface area contributed by atoms with Crippen molar-refractivity contribution in [1.29, 1.82) is 0 Å². The summed E-state index contributed by atoms with van der Waals surface area (Å²) in [6.45, 7) is 0. The van der Waals surface area contributed by atoms with Crippen LogP contribution in [0.5, 0.6) is 5.75 Å². The lowest BCUT2D eigenvalue weighted by atomic mass is 10.2. The molecule has 0 bridgehead atoms. The standard InChI is InChI=1S/C16H11N2O3S/c1-21-12-4-6-14-15(9-12)22-16-7-2-10-8-11(18(19)20)3-5-13(10)17(14)16/h2-9H,1H3/q+1. The van der Waals surface area contributed by atoms with Crippen LogP contribution in [0.4, 0.5) is 5.69 Å². The summed E-state index contributed by atoms with van der Waals surface area (Å²) in [6.07, 6.45) is 0. The van der Waals surface area contributed by atoms with Crippen LogP contribution in [-0.4, -0.2) is 12.0 Å². The van der Waals surface area contributed by atoms with E-state index in [4.69, 9.17) is 4.74 Å². The Labute approximate surface area is 129 Å². The Balaban J connectivity index is 2.11. The van der Waals surface area contributed by atoms with Crippen molar-refractivity contribution >= 4 is 43.0 Å². The van der Waals surface area contributed by atoms with Crippen molar-refractivity contribution in [2.24, 2.45) is 0 Å². The van der Waals surface area contributed by atoms with Crippen molar-refractivity contribution in [3.63, 3.8) is 0 Å². The van der Waals surface area contributed by atoms with Gasteiger partial charge in [0.2, 0.25) is 11.0 Å². The number of rotatable bonds is 2. The van der Waals surface area contributed by atoms with E-state index in [0.29, 0.717) is 0 Å². The number of fused-ring (bicyclic) bond motifs is 5. The zero-order valence-corrected chi connectivity index (χ0v) is 12.5. The van der Waals surface area contributed by atoms with Gasteiger partial charge in [0.25, 0.3) is 10.5 Å². The number of aromatic nitrogens is 1. The molecule has 0 atom stereocenters. The number of benzene rings is 2. The van der Waals surface area contributed by atoms with Crippen LogP contribution >= 0.6 is 11.3 Å². The lowest BCUT2D eigenvalue weighted by Crippen LogP contribution is -2.20. The minimum atomic E-state index is -0.370. The van der Waals surface area contributed by atoms with Gasteiger partial charge >= 0.3 is 0 Å². The van der Waals surface area contributed by atoms with Crippen molar-refractivity contribution in [1.82, 2.24) is 0 Å². The van der Waals surface area contributed by atoms with Gasteiger partial charge in [0.1, 0.15) is 10.4 Å². The molecule has 0 aliphatic heterocycles. The number of ether oxygens (including phenoxy) is 1. The Hall–Kier alpha value is -2.73. The van der Waals surface area contributed by atoms with E-state index in [0.717, 1.165) is 31.7 Å². The topological polar surface area (TPSA) is 56.5 Å². The van der Waals surface area contributed by atoms with Gasteiger partial charge in [-0.1, -0.05) is 11.3 Å². The molecule has 0 saturated carbocycles. The molecule has 108 valence electrons. The second-order valence-corrected chi connectivity index (χ2v) is 6.01. The molecule has 5 nitrogen and oxygen atoms in total. The molecule has 0 radical (unpaired) electrons. The SMILES string of the molecule is COc1ccc2c(c1)sc1ccc3cc([N+](=O)[O-])ccc3[n+]12. The molecule has 4 aromatic rings. The van der Waals surface area contributed by atoms with E-state index >= 15 is 0 Å². The van der Waals surface area contributed by atoms with Crippen LogP contribution in [0.1, 0.15) is 0 Å². The van der Waals surface area contributed by atoms with Gasteiger partial charge in [-0.25, -0.2) is 0 Å². The van der Waals surface area contributed by atoms with Crippen molar-refractivity contribution in [2.75, 3.05) is 7.11 Å². The average Bonchev–Trinajstić information content (AvgIpc) is 2.91. The second-order valence-electron chi connectivity index (χ2n) is 4.94. The summed E-state index contributed by atoms with van der Waals surface area (Å²) in [4.78, 5) is 11.6. The van der Waals surface area contributed by atoms with Gasteiger partial charge in [-0.2, -0.15) is 0 Å². The van der Waals surface area contributed by atoms with Crippen LogP contribution < -0.4 is 9.14 Å². The van der Waals surface area contributed by atoms with Crippen LogP contribution in [0.25, 0.3) is 25.9 Å². The maximum absolute atomic E-state index is 10.9. The maximum atomic E-state index is 10.9. The Morgan fingerprint density at radius 2 is 1.91 bits per heavy atom. The summed E-state index contributed by atoms with van der Waals surface area (Å²) in [5.74, 6) is 0.819. The number of nitro benzene ring substituents is 1. The zero-order valence-electron chi connectivity index (χ0n) is 11.6. The van der Waals surface area contributed by atoms with Crippen LogP contribution in [-0.2, 0) is 0 Å². The Kier molecular flexibility index (Phi) is 2.74. The van der Waals surface area contributed by atoms with Crippen LogP contribution in [0.15, 0.2) is 48.5 Å². The molecule has 0 aliphatic carbocycles. The molecule has 2 aromatic heterocycles. The number of methoxy groups -OCH3 is 1. The van der Waals surface area contributed by atoms with Gasteiger partial charge < -0.3 is 4.74 Å². The third-order valence-corrected chi connectivity index (χ3v) is 4.79. The molecular weight excluding hydrogens is 300 g/mol. The third-order valence-electron chi connectivity index (χ3n) is 3.71. The molecule has 0 saturated heterocycles. The summed E-state index contributed by atoms with van der Waals surface area (Å²) >= 11 is 1.67. The molecule has 0 N–H and O–H groups in total. The quantitative estimate of drug-likeness (QED) is 0.322. The Bertz CT molecular complexity index is 1060. The lowest BCUT2D eigenvalue weighted by molar-refractivity contribution is -0.446. The molecule has 0 aliphatic rings. The summed E-state index contributed by atoms with van der Waals surface area (Å²) < 4.78 is 8.51. The van der Waals surface area contributed by atoms with E-state index in [2.05, 4.69) is 4.40 Å². The lowest BCUT2D eigenvalue weighted by Gasteiger charge is -1.97. The van der Waals surface area contributed by atoms with Crippen molar-refractivity contribution in [3.05, 3.63) is 58.6 Å². The monoisotopic (exact) mass is 311 g/mol. The van der Waals surface area contributed by atoms with E-state index in [1.165, 1.54) is 0 Å². The highest BCUT2D eigenvalue weighted by molar-refractivity contribution is 7.23. The highest BCUT2D eigenvalue weighted by Crippen LogP contribution is 2.28. The second kappa shape index (κ2) is 4.64. The van der Waals surface area contributed by atoms with Gasteiger partial charge in [-0.05, 0) is 12.1 Å². The number of nitro groups is 1. The number of hydrogen-bond donors (Lipinski definition) is 0. The fourth-order valence-electron chi connectivity index (χ4n) is 2.68. The van der Waals surface area contributed by atoms with Crippen LogP contribution in [0.3, 0.4) is 0 Å². The van der Waals surface area contributed by atoms with E-state index in [1.54, 1.807) is 36.6 Å². The molecule has 0 amide bonds. The summed E-state index contributed by atoms with van der Waals surface area (Å²) in [5.41, 5.74) is 2.13. The average molecular weight is 311 g/mol. The number of hydrogen-bond acceptors (Lipinski definition) is 4. The molecule has 2 aromatic carbocycles. The van der Waals surface area contributed by atoms with Crippen molar-refractivity contribution in [3.8, 4) is 5.75 Å². The van der Waals surface area contributed by atoms with E-state index in [1.807, 2.05) is 30.3 Å². The highest BCUT2D eigenvalue weighted by atomic mass is 32.1. The molecular formula is C16H11N2O3S+. The summed E-state index contributed by atoms with van der Waals surface area (Å²) in [5, 5.41) is 11.8. The third kappa shape index (κ3) is 1.81. The summed E-state index contributed by atoms with van der Waals surface area (Å²) in [6, 6.07) is 14.8. The predicted molar refractivity (Wildman–Crippen MR) is 85.7 cm³/mol. The minimum absolute atomic E-state index is 0.105. The van der Waals surface area contributed by atoms with Gasteiger partial charge in [0.05, 0.1) is 17.4 Å². The van der Waals surface area contributed by atoms with Crippen LogP contribution in [0.2, 0.25) is 0 Å². The normalized spacial score (nSPS) is 11.3. The fraction of sp³-hybridized carbons (Fsp3) is 0.0625. The smallest absolute Gasteiger partial charge is 0.270 e. The van der Waals surface area contributed by atoms with Crippen molar-refractivity contribution in [2.45, 2.75) is 0 Å². The largest absolute Gasteiger partial charge is 0.497 e. The molecule has 22 heavy (non-hydrogen) atoms. The van der Waals surface area contributed by atoms with Crippen LogP contribution in [0, 0.1) is 10.1 Å². The minimum Gasteiger partial charge on any atom is -0.497 e. The molecule has 0 fully saturated rings. The number of non-ortho nitro benzene ring substituents is 1. The molecule has 2 heterocycles. The fourth-order valence-corrected chi connectivity index (χ4v) is 3.76. The van der Waals surface area contributed by atoms with Gasteiger partial charge in [-0.15, -0.1) is 4.40 Å². The molecule has 0 spiro atoms. The highest BCUT2D eigenvalue weighted by Gasteiger charge is 2.19. The number of pyridine rings is 1. The predicted octanol–water partition coefficient (Wildman–Crippen LogP) is 3.71. The first-order chi connectivity index (χ1) is 10.7. The van der Waals surface area contributed by atoms with Gasteiger partial charge in [0, 0.05) is 36.4 Å². The van der Waals surface area contributed by atoms with E-state index in [9.17, 15) is 10.1 Å². The maximum Gasteiger partial charge on any atom is 0.270 e. The molecule has 0 unspecified atom stereocenters. The van der Waals surface area contributed by atoms with Crippen molar-refractivity contribution < 1.29 is 14.1 Å². The Morgan fingerprint density at radius 1 is 1.09 bits per heavy atom. The zero-order chi connectivity index (χ0) is 15.3. The first kappa shape index (κ1) is 13.0. The first-order valence-corrected chi connectivity index (χ1v) is 7.48. The van der Waals surface area contributed by atoms with Gasteiger partial charge in [0.15, 0.2) is 0 Å².